The maximum absolute atomic E-state index is 8.51. The van der Waals surface area contributed by atoms with Crippen LogP contribution in [0.3, 0.4) is 0 Å². The van der Waals surface area contributed by atoms with Gasteiger partial charge in [-0.25, -0.2) is 0 Å². The van der Waals surface area contributed by atoms with Gasteiger partial charge in [0.25, 0.3) is 0 Å². The zero-order valence-corrected chi connectivity index (χ0v) is 9.72. The van der Waals surface area contributed by atoms with Crippen LogP contribution >= 0.6 is 0 Å². The van der Waals surface area contributed by atoms with Gasteiger partial charge in [0.1, 0.15) is 12.4 Å². The lowest BCUT2D eigenvalue weighted by Crippen LogP contribution is -2.29. The summed E-state index contributed by atoms with van der Waals surface area (Å²) in [5.41, 5.74) is 0. The first-order valence-corrected chi connectivity index (χ1v) is 5.64. The van der Waals surface area contributed by atoms with Gasteiger partial charge in [0.05, 0.1) is 6.07 Å². The van der Waals surface area contributed by atoms with Crippen LogP contribution in [0.2, 0.25) is 0 Å². The molecule has 0 saturated heterocycles. The van der Waals surface area contributed by atoms with Gasteiger partial charge >= 0.3 is 0 Å². The molecule has 0 aliphatic heterocycles. The van der Waals surface area contributed by atoms with Crippen LogP contribution in [0.15, 0.2) is 30.3 Å². The molecule has 1 aromatic carbocycles. The van der Waals surface area contributed by atoms with Gasteiger partial charge in [-0.05, 0) is 18.7 Å². The molecule has 0 radical (unpaired) electrons. The Bertz CT molecular complexity index is 318. The van der Waals surface area contributed by atoms with Crippen LogP contribution in [0.1, 0.15) is 13.3 Å². The molecule has 0 N–H and O–H groups in total. The lowest BCUT2D eigenvalue weighted by molar-refractivity contribution is 0.218. The minimum Gasteiger partial charge on any atom is -0.492 e. The van der Waals surface area contributed by atoms with Gasteiger partial charge in [0.2, 0.25) is 0 Å². The van der Waals surface area contributed by atoms with Crippen LogP contribution in [0.4, 0.5) is 0 Å². The van der Waals surface area contributed by atoms with Crippen molar-refractivity contribution in [2.75, 3.05) is 26.2 Å². The van der Waals surface area contributed by atoms with Crippen LogP contribution in [-0.4, -0.2) is 31.1 Å². The van der Waals surface area contributed by atoms with E-state index in [2.05, 4.69) is 17.9 Å². The zero-order chi connectivity index (χ0) is 11.6. The van der Waals surface area contributed by atoms with Crippen LogP contribution < -0.4 is 4.74 Å². The number of nitriles is 1. The molecule has 0 fully saturated rings. The fraction of sp³-hybridized carbons (Fsp3) is 0.462. The van der Waals surface area contributed by atoms with E-state index in [1.165, 1.54) is 0 Å². The molecule has 0 atom stereocenters. The van der Waals surface area contributed by atoms with E-state index in [9.17, 15) is 0 Å². The average Bonchev–Trinajstić information content (AvgIpc) is 2.35. The third-order valence-corrected chi connectivity index (χ3v) is 2.41. The number of para-hydroxylation sites is 1. The fourth-order valence-corrected chi connectivity index (χ4v) is 1.45. The zero-order valence-electron chi connectivity index (χ0n) is 9.72. The first kappa shape index (κ1) is 12.5. The summed E-state index contributed by atoms with van der Waals surface area (Å²) in [6, 6.07) is 12.0. The van der Waals surface area contributed by atoms with Crippen molar-refractivity contribution in [3.63, 3.8) is 0 Å². The van der Waals surface area contributed by atoms with E-state index in [0.29, 0.717) is 13.0 Å². The third-order valence-electron chi connectivity index (χ3n) is 2.41. The second kappa shape index (κ2) is 7.72. The summed E-state index contributed by atoms with van der Waals surface area (Å²) in [6.45, 7) is 5.42. The molecule has 0 bridgehead atoms. The van der Waals surface area contributed by atoms with Crippen molar-refractivity contribution < 1.29 is 4.74 Å². The summed E-state index contributed by atoms with van der Waals surface area (Å²) in [6.07, 6.45) is 0.583. The molecule has 0 amide bonds. The smallest absolute Gasteiger partial charge is 0.119 e. The average molecular weight is 218 g/mol. The van der Waals surface area contributed by atoms with Crippen LogP contribution in [-0.2, 0) is 0 Å². The summed E-state index contributed by atoms with van der Waals surface area (Å²) in [5, 5.41) is 8.51. The molecule has 1 rings (SSSR count). The Kier molecular flexibility index (Phi) is 6.05. The van der Waals surface area contributed by atoms with Crippen molar-refractivity contribution in [1.29, 1.82) is 5.26 Å². The highest BCUT2D eigenvalue weighted by molar-refractivity contribution is 5.20. The highest BCUT2D eigenvalue weighted by Gasteiger charge is 2.01. The molecule has 16 heavy (non-hydrogen) atoms. The second-order valence-corrected chi connectivity index (χ2v) is 3.50. The van der Waals surface area contributed by atoms with E-state index in [1.54, 1.807) is 0 Å². The summed E-state index contributed by atoms with van der Waals surface area (Å²) in [5.74, 6) is 0.902. The maximum Gasteiger partial charge on any atom is 0.119 e. The lowest BCUT2D eigenvalue weighted by atomic mass is 10.3. The minimum atomic E-state index is 0.583. The van der Waals surface area contributed by atoms with Crippen molar-refractivity contribution in [2.24, 2.45) is 0 Å². The Balaban J connectivity index is 2.21. The van der Waals surface area contributed by atoms with Gasteiger partial charge in [0, 0.05) is 19.5 Å². The number of hydrogen-bond donors (Lipinski definition) is 0. The number of benzene rings is 1. The third kappa shape index (κ3) is 4.81. The van der Waals surface area contributed by atoms with Gasteiger partial charge in [-0.3, -0.25) is 4.90 Å². The van der Waals surface area contributed by atoms with Crippen molar-refractivity contribution in [2.45, 2.75) is 13.3 Å². The number of ether oxygens (including phenoxy) is 1. The molecular weight excluding hydrogens is 200 g/mol. The van der Waals surface area contributed by atoms with Gasteiger partial charge in [-0.15, -0.1) is 0 Å². The summed E-state index contributed by atoms with van der Waals surface area (Å²) < 4.78 is 5.59. The first-order valence-electron chi connectivity index (χ1n) is 5.64. The number of nitrogens with zero attached hydrogens (tertiary/aromatic N) is 2. The lowest BCUT2D eigenvalue weighted by Gasteiger charge is -2.18. The normalized spacial score (nSPS) is 10.1. The fourth-order valence-electron chi connectivity index (χ4n) is 1.45. The topological polar surface area (TPSA) is 36.3 Å². The predicted molar refractivity (Wildman–Crippen MR) is 64.3 cm³/mol. The van der Waals surface area contributed by atoms with E-state index < -0.39 is 0 Å². The Hall–Kier alpha value is -1.53. The van der Waals surface area contributed by atoms with Crippen molar-refractivity contribution in [3.8, 4) is 11.8 Å². The summed E-state index contributed by atoms with van der Waals surface area (Å²) in [4.78, 5) is 2.21. The van der Waals surface area contributed by atoms with Crippen molar-refractivity contribution >= 4 is 0 Å². The molecule has 86 valence electrons. The Morgan fingerprint density at radius 3 is 2.62 bits per heavy atom. The first-order chi connectivity index (χ1) is 7.86. The molecule has 1 aromatic rings. The summed E-state index contributed by atoms with van der Waals surface area (Å²) in [7, 11) is 0. The van der Waals surface area contributed by atoms with E-state index in [1.807, 2.05) is 30.3 Å². The number of rotatable bonds is 7. The van der Waals surface area contributed by atoms with E-state index >= 15 is 0 Å². The van der Waals surface area contributed by atoms with Crippen LogP contribution in [0.25, 0.3) is 0 Å². The number of hydrogen-bond acceptors (Lipinski definition) is 3. The van der Waals surface area contributed by atoms with Gasteiger partial charge in [-0.2, -0.15) is 5.26 Å². The predicted octanol–water partition coefficient (Wildman–Crippen LogP) is 2.30. The Morgan fingerprint density at radius 2 is 2.00 bits per heavy atom. The molecule has 0 spiro atoms. The Labute approximate surface area is 97.3 Å². The molecule has 0 aliphatic carbocycles. The monoisotopic (exact) mass is 218 g/mol. The molecule has 0 saturated carbocycles. The molecule has 3 nitrogen and oxygen atoms in total. The van der Waals surface area contributed by atoms with Gasteiger partial charge in [0.15, 0.2) is 0 Å². The van der Waals surface area contributed by atoms with E-state index in [4.69, 9.17) is 10.00 Å². The second-order valence-electron chi connectivity index (χ2n) is 3.50. The van der Waals surface area contributed by atoms with Crippen LogP contribution in [0.5, 0.6) is 5.75 Å². The van der Waals surface area contributed by atoms with Crippen LogP contribution in [0, 0.1) is 11.3 Å². The molecule has 3 heteroatoms. The number of likely N-dealkylation sites (N-methyl/N-ethyl adjacent to an activating group) is 1. The largest absolute Gasteiger partial charge is 0.492 e. The standard InChI is InChI=1S/C13H18N2O/c1-2-15(10-6-9-14)11-12-16-13-7-4-3-5-8-13/h3-5,7-8H,2,6,10-12H2,1H3. The highest BCUT2D eigenvalue weighted by atomic mass is 16.5. The molecule has 0 aliphatic rings. The quantitative estimate of drug-likeness (QED) is 0.704. The van der Waals surface area contributed by atoms with Gasteiger partial charge in [-0.1, -0.05) is 25.1 Å². The molecular formula is C13H18N2O. The Morgan fingerprint density at radius 1 is 1.25 bits per heavy atom. The SMILES string of the molecule is CCN(CCC#N)CCOc1ccccc1. The van der Waals surface area contributed by atoms with E-state index in [-0.39, 0.29) is 0 Å². The van der Waals surface area contributed by atoms with Gasteiger partial charge < -0.3 is 4.74 Å². The molecule has 0 unspecified atom stereocenters. The molecule has 0 aromatic heterocycles. The van der Waals surface area contributed by atoms with Crippen molar-refractivity contribution in [1.82, 2.24) is 4.90 Å². The van der Waals surface area contributed by atoms with E-state index in [0.717, 1.165) is 25.4 Å². The minimum absolute atomic E-state index is 0.583. The maximum atomic E-state index is 8.51. The van der Waals surface area contributed by atoms with Crippen molar-refractivity contribution in [3.05, 3.63) is 30.3 Å². The molecule has 0 heterocycles. The summed E-state index contributed by atoms with van der Waals surface area (Å²) >= 11 is 0. The highest BCUT2D eigenvalue weighted by Crippen LogP contribution is 2.07.